The molecule has 0 saturated heterocycles. The number of anilines is 1. The molecule has 0 aliphatic heterocycles. The van der Waals surface area contributed by atoms with Crippen LogP contribution in [-0.4, -0.2) is 11.7 Å². The predicted octanol–water partition coefficient (Wildman–Crippen LogP) is 3.08. The smallest absolute Gasteiger partial charge is 0.102 e. The largest absolute Gasteiger partial charge is 0.399 e. The molecule has 3 heteroatoms. The lowest BCUT2D eigenvalue weighted by molar-refractivity contribution is -0.00358. The van der Waals surface area contributed by atoms with E-state index in [0.29, 0.717) is 5.69 Å². The Labute approximate surface area is 113 Å². The van der Waals surface area contributed by atoms with Crippen molar-refractivity contribution < 1.29 is 9.84 Å². The van der Waals surface area contributed by atoms with Crippen LogP contribution >= 0.6 is 0 Å². The van der Waals surface area contributed by atoms with Crippen LogP contribution in [0.25, 0.3) is 0 Å². The normalized spacial score (nSPS) is 14.0. The average Bonchev–Trinajstić information content (AvgIpc) is 2.45. The molecule has 0 fully saturated rings. The van der Waals surface area contributed by atoms with Gasteiger partial charge in [0.25, 0.3) is 0 Å². The van der Waals surface area contributed by atoms with Gasteiger partial charge < -0.3 is 15.6 Å². The number of rotatable bonds is 5. The van der Waals surface area contributed by atoms with E-state index in [9.17, 15) is 5.11 Å². The molecular formula is C16H19NO2. The van der Waals surface area contributed by atoms with Crippen molar-refractivity contribution in [2.45, 2.75) is 19.1 Å². The monoisotopic (exact) mass is 257 g/mol. The molecule has 0 heterocycles. The quantitative estimate of drug-likeness (QED) is 0.809. The van der Waals surface area contributed by atoms with E-state index in [0.717, 1.165) is 11.1 Å². The summed E-state index contributed by atoms with van der Waals surface area (Å²) in [5.74, 6) is 0. The number of ether oxygens (including phenoxy) is 1. The summed E-state index contributed by atoms with van der Waals surface area (Å²) in [6.45, 7) is 2.22. The fraction of sp³-hybridized carbons (Fsp3) is 0.250. The summed E-state index contributed by atoms with van der Waals surface area (Å²) in [4.78, 5) is 0. The Bertz CT molecular complexity index is 513. The highest BCUT2D eigenvalue weighted by molar-refractivity contribution is 5.41. The van der Waals surface area contributed by atoms with Crippen molar-refractivity contribution in [2.24, 2.45) is 0 Å². The Morgan fingerprint density at radius 2 is 1.74 bits per heavy atom. The van der Waals surface area contributed by atoms with Gasteiger partial charge in [0, 0.05) is 5.69 Å². The first-order chi connectivity index (χ1) is 9.16. The fourth-order valence-electron chi connectivity index (χ4n) is 1.92. The van der Waals surface area contributed by atoms with Gasteiger partial charge in [0.2, 0.25) is 0 Å². The number of hydrogen-bond donors (Lipinski definition) is 2. The third-order valence-corrected chi connectivity index (χ3v) is 3.07. The number of nitrogen functional groups attached to an aromatic ring is 1. The fourth-order valence-corrected chi connectivity index (χ4v) is 1.92. The van der Waals surface area contributed by atoms with Crippen LogP contribution in [0.2, 0.25) is 0 Å². The molecule has 2 rings (SSSR count). The minimum atomic E-state index is -0.658. The lowest BCUT2D eigenvalue weighted by Crippen LogP contribution is -2.10. The Morgan fingerprint density at radius 3 is 2.42 bits per heavy atom. The Hall–Kier alpha value is -1.84. The van der Waals surface area contributed by atoms with Crippen molar-refractivity contribution in [1.29, 1.82) is 0 Å². The Morgan fingerprint density at radius 1 is 1.05 bits per heavy atom. The predicted molar refractivity (Wildman–Crippen MR) is 76.6 cm³/mol. The van der Waals surface area contributed by atoms with Gasteiger partial charge in [0.1, 0.15) is 6.10 Å². The summed E-state index contributed by atoms with van der Waals surface area (Å²) >= 11 is 0. The molecule has 0 saturated carbocycles. The zero-order valence-corrected chi connectivity index (χ0v) is 11.0. The van der Waals surface area contributed by atoms with E-state index in [2.05, 4.69) is 0 Å². The molecule has 2 unspecified atom stereocenters. The highest BCUT2D eigenvalue weighted by Crippen LogP contribution is 2.21. The van der Waals surface area contributed by atoms with Gasteiger partial charge in [-0.1, -0.05) is 42.5 Å². The molecule has 0 radical (unpaired) electrons. The van der Waals surface area contributed by atoms with Gasteiger partial charge in [-0.2, -0.15) is 0 Å². The van der Waals surface area contributed by atoms with E-state index in [1.165, 1.54) is 0 Å². The van der Waals surface area contributed by atoms with Crippen LogP contribution in [0.15, 0.2) is 54.6 Å². The van der Waals surface area contributed by atoms with Crippen LogP contribution in [0.3, 0.4) is 0 Å². The molecule has 0 aromatic heterocycles. The molecule has 0 amide bonds. The zero-order valence-electron chi connectivity index (χ0n) is 11.0. The third-order valence-electron chi connectivity index (χ3n) is 3.07. The molecule has 3 nitrogen and oxygen atoms in total. The lowest BCUT2D eigenvalue weighted by atomic mass is 10.1. The molecule has 0 spiro atoms. The molecule has 2 aromatic carbocycles. The van der Waals surface area contributed by atoms with Gasteiger partial charge in [0.05, 0.1) is 12.7 Å². The number of benzene rings is 2. The van der Waals surface area contributed by atoms with E-state index in [4.69, 9.17) is 10.5 Å². The molecule has 0 aliphatic rings. The van der Waals surface area contributed by atoms with Crippen LogP contribution in [0.4, 0.5) is 5.69 Å². The molecule has 3 N–H and O–H groups in total. The van der Waals surface area contributed by atoms with Crippen molar-refractivity contribution in [2.75, 3.05) is 12.3 Å². The summed E-state index contributed by atoms with van der Waals surface area (Å²) in [6, 6.07) is 17.2. The number of hydrogen-bond acceptors (Lipinski definition) is 3. The van der Waals surface area contributed by atoms with Crippen molar-refractivity contribution in [1.82, 2.24) is 0 Å². The molecule has 2 aromatic rings. The van der Waals surface area contributed by atoms with Gasteiger partial charge in [-0.05, 0) is 30.2 Å². The molecule has 0 aliphatic carbocycles. The molecule has 2 atom stereocenters. The minimum absolute atomic E-state index is 0.0445. The van der Waals surface area contributed by atoms with E-state index >= 15 is 0 Å². The first-order valence-electron chi connectivity index (χ1n) is 6.37. The van der Waals surface area contributed by atoms with Gasteiger partial charge in [-0.15, -0.1) is 0 Å². The van der Waals surface area contributed by atoms with E-state index < -0.39 is 6.10 Å². The van der Waals surface area contributed by atoms with Gasteiger partial charge in [0.15, 0.2) is 0 Å². The van der Waals surface area contributed by atoms with E-state index in [-0.39, 0.29) is 12.7 Å². The first-order valence-corrected chi connectivity index (χ1v) is 6.37. The van der Waals surface area contributed by atoms with Crippen LogP contribution < -0.4 is 5.73 Å². The van der Waals surface area contributed by atoms with Crippen molar-refractivity contribution >= 4 is 5.69 Å². The average molecular weight is 257 g/mol. The van der Waals surface area contributed by atoms with Crippen LogP contribution in [0.5, 0.6) is 0 Å². The third kappa shape index (κ3) is 3.81. The molecule has 0 bridgehead atoms. The molecule has 100 valence electrons. The SMILES string of the molecule is CC(OCC(O)c1cccc(N)c1)c1ccccc1. The van der Waals surface area contributed by atoms with Gasteiger partial charge in [-0.25, -0.2) is 0 Å². The van der Waals surface area contributed by atoms with Gasteiger partial charge in [-0.3, -0.25) is 0 Å². The minimum Gasteiger partial charge on any atom is -0.399 e. The lowest BCUT2D eigenvalue weighted by Gasteiger charge is -2.17. The summed E-state index contributed by atoms with van der Waals surface area (Å²) in [6.07, 6.45) is -0.702. The second-order valence-corrected chi connectivity index (χ2v) is 4.57. The van der Waals surface area contributed by atoms with Crippen LogP contribution in [0.1, 0.15) is 30.3 Å². The van der Waals surface area contributed by atoms with Crippen molar-refractivity contribution in [3.8, 4) is 0 Å². The second-order valence-electron chi connectivity index (χ2n) is 4.57. The standard InChI is InChI=1S/C16H19NO2/c1-12(13-6-3-2-4-7-13)19-11-16(18)14-8-5-9-15(17)10-14/h2-10,12,16,18H,11,17H2,1H3. The van der Waals surface area contributed by atoms with Crippen LogP contribution in [-0.2, 0) is 4.74 Å². The number of aliphatic hydroxyl groups is 1. The first kappa shape index (κ1) is 13.6. The maximum Gasteiger partial charge on any atom is 0.102 e. The van der Waals surface area contributed by atoms with Crippen molar-refractivity contribution in [3.05, 3.63) is 65.7 Å². The Balaban J connectivity index is 1.92. The summed E-state index contributed by atoms with van der Waals surface area (Å²) in [7, 11) is 0. The summed E-state index contributed by atoms with van der Waals surface area (Å²) < 4.78 is 5.69. The number of nitrogens with two attached hydrogens (primary N) is 1. The highest BCUT2D eigenvalue weighted by Gasteiger charge is 2.11. The van der Waals surface area contributed by atoms with E-state index in [1.54, 1.807) is 12.1 Å². The maximum atomic E-state index is 10.1. The molecule has 19 heavy (non-hydrogen) atoms. The van der Waals surface area contributed by atoms with E-state index in [1.807, 2.05) is 49.4 Å². The van der Waals surface area contributed by atoms with Crippen molar-refractivity contribution in [3.63, 3.8) is 0 Å². The Kier molecular flexibility index (Phi) is 4.55. The molecular weight excluding hydrogens is 238 g/mol. The zero-order chi connectivity index (χ0) is 13.7. The summed E-state index contributed by atoms with van der Waals surface area (Å²) in [5.41, 5.74) is 8.21. The topological polar surface area (TPSA) is 55.5 Å². The maximum absolute atomic E-state index is 10.1. The number of aliphatic hydroxyl groups excluding tert-OH is 1. The van der Waals surface area contributed by atoms with Gasteiger partial charge >= 0.3 is 0 Å². The summed E-state index contributed by atoms with van der Waals surface area (Å²) in [5, 5.41) is 10.1. The second kappa shape index (κ2) is 6.36. The highest BCUT2D eigenvalue weighted by atomic mass is 16.5. The van der Waals surface area contributed by atoms with Crippen LogP contribution in [0, 0.1) is 0 Å².